The van der Waals surface area contributed by atoms with Gasteiger partial charge in [0.1, 0.15) is 18.3 Å². The highest BCUT2D eigenvalue weighted by atomic mass is 32.2. The Balaban J connectivity index is 1.33. The maximum absolute atomic E-state index is 14.3. The molecular weight excluding hydrogens is 532 g/mol. The zero-order valence-corrected chi connectivity index (χ0v) is 22.9. The van der Waals surface area contributed by atoms with Crippen molar-refractivity contribution in [3.05, 3.63) is 132 Å². The second-order valence-electron chi connectivity index (χ2n) is 9.82. The topological polar surface area (TPSA) is 94.3 Å². The number of amides is 3. The summed E-state index contributed by atoms with van der Waals surface area (Å²) in [5.74, 6) is -1.03. The third-order valence-electron chi connectivity index (χ3n) is 7.07. The lowest BCUT2D eigenvalue weighted by Crippen LogP contribution is -2.52. The molecule has 0 bridgehead atoms. The molecule has 0 aliphatic carbocycles. The molecule has 0 spiro atoms. The fraction of sp³-hybridized carbons (Fsp3) is 0.121. The van der Waals surface area contributed by atoms with Crippen molar-refractivity contribution in [2.45, 2.75) is 22.7 Å². The molecule has 0 saturated heterocycles. The molecule has 8 heteroatoms. The van der Waals surface area contributed by atoms with E-state index in [1.54, 1.807) is 6.07 Å². The summed E-state index contributed by atoms with van der Waals surface area (Å²) in [7, 11) is 0. The molecular formula is C33H28N4O3S. The SMILES string of the molecule is O=C(CN1C(=O)[C@H](NC(=O)c2cc3ccccc3[nH]2)[C@H](c2ccccc2)Sc2ccccc21)NCc1ccccc1. The zero-order chi connectivity index (χ0) is 28.2. The van der Waals surface area contributed by atoms with E-state index in [1.807, 2.05) is 109 Å². The van der Waals surface area contributed by atoms with E-state index in [0.717, 1.165) is 26.9 Å². The summed E-state index contributed by atoms with van der Waals surface area (Å²) in [4.78, 5) is 46.6. The largest absolute Gasteiger partial charge is 0.351 e. The van der Waals surface area contributed by atoms with Gasteiger partial charge in [-0.25, -0.2) is 0 Å². The third-order valence-corrected chi connectivity index (χ3v) is 8.47. The van der Waals surface area contributed by atoms with E-state index in [-0.39, 0.29) is 24.3 Å². The van der Waals surface area contributed by atoms with Crippen molar-refractivity contribution < 1.29 is 14.4 Å². The highest BCUT2D eigenvalue weighted by Gasteiger charge is 2.40. The summed E-state index contributed by atoms with van der Waals surface area (Å²) >= 11 is 1.51. The average Bonchev–Trinajstić information content (AvgIpc) is 3.42. The van der Waals surface area contributed by atoms with Crippen LogP contribution in [0.25, 0.3) is 10.9 Å². The number of hydrogen-bond acceptors (Lipinski definition) is 4. The number of anilines is 1. The quantitative estimate of drug-likeness (QED) is 0.246. The highest BCUT2D eigenvalue weighted by molar-refractivity contribution is 7.99. The Morgan fingerprint density at radius 3 is 2.29 bits per heavy atom. The van der Waals surface area contributed by atoms with Crippen molar-refractivity contribution in [3.63, 3.8) is 0 Å². The van der Waals surface area contributed by atoms with Gasteiger partial charge in [-0.3, -0.25) is 14.4 Å². The monoisotopic (exact) mass is 560 g/mol. The van der Waals surface area contributed by atoms with Gasteiger partial charge in [0, 0.05) is 22.3 Å². The number of carbonyl (C=O) groups excluding carboxylic acids is 3. The molecule has 4 aromatic carbocycles. The maximum Gasteiger partial charge on any atom is 0.268 e. The summed E-state index contributed by atoms with van der Waals surface area (Å²) in [6.45, 7) is 0.175. The van der Waals surface area contributed by atoms with Crippen LogP contribution in [0.2, 0.25) is 0 Å². The maximum atomic E-state index is 14.3. The Kier molecular flexibility index (Phi) is 7.56. The number of fused-ring (bicyclic) bond motifs is 2. The lowest BCUT2D eigenvalue weighted by Gasteiger charge is -2.28. The molecule has 1 aromatic heterocycles. The Bertz CT molecular complexity index is 1670. The number of aromatic nitrogens is 1. The summed E-state index contributed by atoms with van der Waals surface area (Å²) < 4.78 is 0. The number of hydrogen-bond donors (Lipinski definition) is 3. The van der Waals surface area contributed by atoms with Crippen LogP contribution in [0.4, 0.5) is 5.69 Å². The summed E-state index contributed by atoms with van der Waals surface area (Å²) in [5, 5.41) is 6.43. The normalized spacial score (nSPS) is 16.6. The van der Waals surface area contributed by atoms with Gasteiger partial charge in [-0.2, -0.15) is 0 Å². The molecule has 1 aliphatic rings. The average molecular weight is 561 g/mol. The van der Waals surface area contributed by atoms with E-state index in [2.05, 4.69) is 15.6 Å². The van der Waals surface area contributed by atoms with E-state index in [9.17, 15) is 14.4 Å². The molecule has 0 saturated carbocycles. The van der Waals surface area contributed by atoms with E-state index in [0.29, 0.717) is 17.9 Å². The van der Waals surface area contributed by atoms with Gasteiger partial charge < -0.3 is 20.5 Å². The molecule has 2 heterocycles. The van der Waals surface area contributed by atoms with Gasteiger partial charge in [0.05, 0.1) is 10.9 Å². The van der Waals surface area contributed by atoms with Gasteiger partial charge in [0.2, 0.25) is 5.91 Å². The molecule has 0 unspecified atom stereocenters. The molecule has 3 N–H and O–H groups in total. The van der Waals surface area contributed by atoms with Crippen LogP contribution in [0, 0.1) is 0 Å². The van der Waals surface area contributed by atoms with Gasteiger partial charge in [-0.1, -0.05) is 91.0 Å². The van der Waals surface area contributed by atoms with Crippen molar-refractivity contribution in [2.75, 3.05) is 11.4 Å². The van der Waals surface area contributed by atoms with Crippen LogP contribution < -0.4 is 15.5 Å². The summed E-state index contributed by atoms with van der Waals surface area (Å²) in [5.41, 5.74) is 3.71. The molecule has 3 amide bonds. The van der Waals surface area contributed by atoms with Gasteiger partial charge in [-0.15, -0.1) is 11.8 Å². The van der Waals surface area contributed by atoms with Crippen molar-refractivity contribution in [3.8, 4) is 0 Å². The van der Waals surface area contributed by atoms with Crippen LogP contribution in [0.5, 0.6) is 0 Å². The van der Waals surface area contributed by atoms with E-state index in [1.165, 1.54) is 16.7 Å². The smallest absolute Gasteiger partial charge is 0.268 e. The number of aromatic amines is 1. The van der Waals surface area contributed by atoms with Crippen LogP contribution in [-0.2, 0) is 16.1 Å². The Labute approximate surface area is 242 Å². The lowest BCUT2D eigenvalue weighted by molar-refractivity contribution is -0.124. The second-order valence-corrected chi connectivity index (χ2v) is 11.0. The predicted octanol–water partition coefficient (Wildman–Crippen LogP) is 5.46. The minimum atomic E-state index is -0.935. The van der Waals surface area contributed by atoms with Crippen LogP contribution in [0.3, 0.4) is 0 Å². The number of rotatable bonds is 7. The second kappa shape index (κ2) is 11.7. The zero-order valence-electron chi connectivity index (χ0n) is 22.1. The minimum Gasteiger partial charge on any atom is -0.351 e. The van der Waals surface area contributed by atoms with Gasteiger partial charge in [0.15, 0.2) is 0 Å². The third kappa shape index (κ3) is 5.73. The molecule has 6 rings (SSSR count). The molecule has 2 atom stereocenters. The first-order valence-electron chi connectivity index (χ1n) is 13.4. The van der Waals surface area contributed by atoms with E-state index in [4.69, 9.17) is 0 Å². The van der Waals surface area contributed by atoms with Crippen molar-refractivity contribution in [1.29, 1.82) is 0 Å². The number of H-pyrrole nitrogens is 1. The number of benzene rings is 4. The molecule has 204 valence electrons. The number of thioether (sulfide) groups is 1. The van der Waals surface area contributed by atoms with Crippen molar-refractivity contribution in [2.24, 2.45) is 0 Å². The van der Waals surface area contributed by atoms with Crippen molar-refractivity contribution >= 4 is 46.1 Å². The highest BCUT2D eigenvalue weighted by Crippen LogP contribution is 2.45. The van der Waals surface area contributed by atoms with Crippen LogP contribution in [-0.4, -0.2) is 35.3 Å². The number of nitrogens with one attached hydrogen (secondary N) is 3. The van der Waals surface area contributed by atoms with Crippen molar-refractivity contribution in [1.82, 2.24) is 15.6 Å². The van der Waals surface area contributed by atoms with E-state index >= 15 is 0 Å². The first-order valence-corrected chi connectivity index (χ1v) is 14.3. The Hall–Kier alpha value is -4.82. The fourth-order valence-corrected chi connectivity index (χ4v) is 6.36. The van der Waals surface area contributed by atoms with Gasteiger partial charge >= 0.3 is 0 Å². The van der Waals surface area contributed by atoms with Gasteiger partial charge in [-0.05, 0) is 35.4 Å². The Morgan fingerprint density at radius 1 is 0.829 bits per heavy atom. The van der Waals surface area contributed by atoms with E-state index < -0.39 is 11.3 Å². The molecule has 7 nitrogen and oxygen atoms in total. The predicted molar refractivity (Wildman–Crippen MR) is 162 cm³/mol. The number of para-hydroxylation sites is 2. The van der Waals surface area contributed by atoms with Crippen LogP contribution >= 0.6 is 11.8 Å². The summed E-state index contributed by atoms with van der Waals surface area (Å²) in [6, 6.07) is 35.3. The molecule has 5 aromatic rings. The summed E-state index contributed by atoms with van der Waals surface area (Å²) in [6.07, 6.45) is 0. The lowest BCUT2D eigenvalue weighted by atomic mass is 10.0. The first kappa shape index (κ1) is 26.4. The number of carbonyl (C=O) groups is 3. The first-order chi connectivity index (χ1) is 20.1. The standard InChI is InChI=1S/C33H28N4O3S/c38-29(34-20-22-11-3-1-4-12-22)21-37-27-17-9-10-18-28(27)41-31(23-13-5-2-6-14-23)30(33(37)40)36-32(39)26-19-24-15-7-8-16-25(24)35-26/h1-19,30-31,35H,20-21H2,(H,34,38)(H,36,39)/t30-,31+/m1/s1. The molecule has 1 aliphatic heterocycles. The molecule has 41 heavy (non-hydrogen) atoms. The molecule has 0 fully saturated rings. The van der Waals surface area contributed by atoms with Crippen LogP contribution in [0.15, 0.2) is 120 Å². The van der Waals surface area contributed by atoms with Crippen LogP contribution in [0.1, 0.15) is 26.9 Å². The van der Waals surface area contributed by atoms with Gasteiger partial charge in [0.25, 0.3) is 11.8 Å². The number of nitrogens with zero attached hydrogens (tertiary/aromatic N) is 1. The minimum absolute atomic E-state index is 0.177. The molecule has 0 radical (unpaired) electrons. The Morgan fingerprint density at radius 2 is 1.51 bits per heavy atom. The fourth-order valence-electron chi connectivity index (χ4n) is 5.02.